The Morgan fingerprint density at radius 3 is 2.55 bits per heavy atom. The van der Waals surface area contributed by atoms with Gasteiger partial charge in [-0.25, -0.2) is 4.98 Å². The zero-order valence-corrected chi connectivity index (χ0v) is 12.6. The van der Waals surface area contributed by atoms with Crippen LogP contribution in [0.4, 0.5) is 13.2 Å². The maximum absolute atomic E-state index is 12.4. The molecule has 0 aromatic carbocycles. The number of aromatic nitrogens is 1. The molecule has 5 nitrogen and oxygen atoms in total. The lowest BCUT2D eigenvalue weighted by Crippen LogP contribution is -2.28. The van der Waals surface area contributed by atoms with Gasteiger partial charge in [-0.2, -0.15) is 21.6 Å². The van der Waals surface area contributed by atoms with Crippen LogP contribution in [0.1, 0.15) is 16.6 Å². The molecular weight excluding hydrogens is 343 g/mol. The highest BCUT2D eigenvalue weighted by Crippen LogP contribution is 2.36. The average molecular weight is 351 g/mol. The van der Waals surface area contributed by atoms with Crippen molar-refractivity contribution in [1.82, 2.24) is 4.98 Å². The number of halogens is 3. The highest BCUT2D eigenvalue weighted by atomic mass is 32.2. The largest absolute Gasteiger partial charge is 0.534 e. The highest BCUT2D eigenvalue weighted by Gasteiger charge is 2.49. The van der Waals surface area contributed by atoms with Gasteiger partial charge in [0.1, 0.15) is 0 Å². The van der Waals surface area contributed by atoms with E-state index in [0.29, 0.717) is 0 Å². The van der Waals surface area contributed by atoms with Crippen LogP contribution in [-0.4, -0.2) is 24.7 Å². The summed E-state index contributed by atoms with van der Waals surface area (Å²) < 4.78 is 63.5. The molecule has 0 saturated carbocycles. The van der Waals surface area contributed by atoms with Gasteiger partial charge >= 0.3 is 15.6 Å². The van der Waals surface area contributed by atoms with Gasteiger partial charge in [-0.15, -0.1) is 11.3 Å². The van der Waals surface area contributed by atoms with Crippen molar-refractivity contribution in [2.24, 2.45) is 0 Å². The summed E-state index contributed by atoms with van der Waals surface area (Å²) in [7, 11) is -5.84. The lowest BCUT2D eigenvalue weighted by Gasteiger charge is -2.11. The summed E-state index contributed by atoms with van der Waals surface area (Å²) in [5.74, 6) is -1.04. The molecule has 2 aromatic rings. The number of pyridine rings is 1. The molecule has 0 aliphatic carbocycles. The van der Waals surface area contributed by atoms with Gasteiger partial charge in [0, 0.05) is 17.3 Å². The molecule has 2 rings (SSSR count). The molecule has 0 atom stereocenters. The fourth-order valence-electron chi connectivity index (χ4n) is 1.61. The molecule has 0 radical (unpaired) electrons. The summed E-state index contributed by atoms with van der Waals surface area (Å²) in [5.41, 5.74) is -5.32. The molecule has 0 N–H and O–H groups in total. The van der Waals surface area contributed by atoms with E-state index < -0.39 is 21.5 Å². The van der Waals surface area contributed by atoms with Crippen LogP contribution < -0.4 is 4.18 Å². The standard InChI is InChI=1S/C12H8F3NO4S2/c1-7(17)10-8(4-6-21-10)9-3-2-5-16-11(9)20-22(18,19)12(13,14)15/h2-6H,1H3. The smallest absolute Gasteiger partial charge is 0.355 e. The molecule has 0 aliphatic rings. The number of nitrogens with zero attached hydrogens (tertiary/aromatic N) is 1. The molecule has 0 bridgehead atoms. The highest BCUT2D eigenvalue weighted by molar-refractivity contribution is 7.88. The van der Waals surface area contributed by atoms with Crippen LogP contribution in [0, 0.1) is 0 Å². The zero-order valence-electron chi connectivity index (χ0n) is 10.9. The monoisotopic (exact) mass is 351 g/mol. The Morgan fingerprint density at radius 2 is 1.95 bits per heavy atom. The molecule has 0 amide bonds. The molecule has 0 unspecified atom stereocenters. The summed E-state index contributed by atoms with van der Waals surface area (Å²) in [6, 6.07) is 4.19. The van der Waals surface area contributed by atoms with E-state index in [2.05, 4.69) is 9.17 Å². The van der Waals surface area contributed by atoms with E-state index in [0.717, 1.165) is 17.5 Å². The topological polar surface area (TPSA) is 73.3 Å². The Hall–Kier alpha value is -1.94. The molecule has 10 heteroatoms. The van der Waals surface area contributed by atoms with Gasteiger partial charge in [-0.3, -0.25) is 4.79 Å². The van der Waals surface area contributed by atoms with Gasteiger partial charge in [-0.05, 0) is 30.5 Å². The van der Waals surface area contributed by atoms with Gasteiger partial charge in [0.05, 0.1) is 4.88 Å². The maximum atomic E-state index is 12.4. The van der Waals surface area contributed by atoms with Crippen LogP contribution in [0.15, 0.2) is 29.8 Å². The van der Waals surface area contributed by atoms with Crippen molar-refractivity contribution in [1.29, 1.82) is 0 Å². The molecule has 2 aromatic heterocycles. The minimum atomic E-state index is -5.84. The van der Waals surface area contributed by atoms with E-state index in [1.54, 1.807) is 5.38 Å². The van der Waals surface area contributed by atoms with E-state index in [1.807, 2.05) is 0 Å². The molecule has 2 heterocycles. The van der Waals surface area contributed by atoms with Crippen LogP contribution in [0.3, 0.4) is 0 Å². The fourth-order valence-corrected chi connectivity index (χ4v) is 2.85. The third-order valence-corrected chi connectivity index (χ3v) is 4.48. The third kappa shape index (κ3) is 3.12. The Kier molecular flexibility index (Phi) is 4.25. The summed E-state index contributed by atoms with van der Waals surface area (Å²) in [5, 5.41) is 1.56. The first-order chi connectivity index (χ1) is 10.1. The SMILES string of the molecule is CC(=O)c1sccc1-c1cccnc1OS(=O)(=O)C(F)(F)F. The van der Waals surface area contributed by atoms with Crippen molar-refractivity contribution in [3.8, 4) is 17.0 Å². The van der Waals surface area contributed by atoms with Crippen molar-refractivity contribution in [3.63, 3.8) is 0 Å². The van der Waals surface area contributed by atoms with E-state index in [1.165, 1.54) is 25.1 Å². The van der Waals surface area contributed by atoms with Crippen LogP contribution in [-0.2, 0) is 10.1 Å². The number of Topliss-reactive ketones (excluding diaryl/α,β-unsaturated/α-hetero) is 1. The second kappa shape index (κ2) is 5.69. The summed E-state index contributed by atoms with van der Waals surface area (Å²) in [6.07, 6.45) is 1.09. The van der Waals surface area contributed by atoms with Crippen molar-refractivity contribution in [3.05, 3.63) is 34.7 Å². The van der Waals surface area contributed by atoms with E-state index >= 15 is 0 Å². The number of carbonyl (C=O) groups is 1. The van der Waals surface area contributed by atoms with Gasteiger partial charge in [-0.1, -0.05) is 0 Å². The van der Waals surface area contributed by atoms with Gasteiger partial charge < -0.3 is 4.18 Å². The lowest BCUT2D eigenvalue weighted by atomic mass is 10.1. The van der Waals surface area contributed by atoms with E-state index in [9.17, 15) is 26.4 Å². The van der Waals surface area contributed by atoms with E-state index in [4.69, 9.17) is 0 Å². The number of hydrogen-bond donors (Lipinski definition) is 0. The molecule has 0 spiro atoms. The van der Waals surface area contributed by atoms with Gasteiger partial charge in [0.25, 0.3) is 0 Å². The van der Waals surface area contributed by atoms with Gasteiger partial charge in [0.2, 0.25) is 5.88 Å². The Balaban J connectivity index is 2.53. The lowest BCUT2D eigenvalue weighted by molar-refractivity contribution is -0.0501. The number of carbonyl (C=O) groups excluding carboxylic acids is 1. The first kappa shape index (κ1) is 16.4. The second-order valence-electron chi connectivity index (χ2n) is 4.06. The molecule has 0 saturated heterocycles. The Labute approximate surface area is 127 Å². The normalized spacial score (nSPS) is 12.2. The van der Waals surface area contributed by atoms with Crippen LogP contribution in [0.25, 0.3) is 11.1 Å². The van der Waals surface area contributed by atoms with Crippen molar-refractivity contribution < 1.29 is 30.6 Å². The summed E-state index contributed by atoms with van der Waals surface area (Å²) in [6.45, 7) is 1.29. The quantitative estimate of drug-likeness (QED) is 0.480. The van der Waals surface area contributed by atoms with E-state index in [-0.39, 0.29) is 21.8 Å². The van der Waals surface area contributed by atoms with Crippen molar-refractivity contribution >= 4 is 27.2 Å². The number of rotatable bonds is 4. The predicted molar refractivity (Wildman–Crippen MR) is 73.2 cm³/mol. The average Bonchev–Trinajstić information content (AvgIpc) is 2.86. The molecule has 22 heavy (non-hydrogen) atoms. The fraction of sp³-hybridized carbons (Fsp3) is 0.167. The first-order valence-corrected chi connectivity index (χ1v) is 7.97. The van der Waals surface area contributed by atoms with Crippen LogP contribution in [0.5, 0.6) is 5.88 Å². The molecule has 0 aliphatic heterocycles. The number of ketones is 1. The van der Waals surface area contributed by atoms with Crippen LogP contribution >= 0.6 is 11.3 Å². The number of hydrogen-bond acceptors (Lipinski definition) is 6. The van der Waals surface area contributed by atoms with Crippen molar-refractivity contribution in [2.45, 2.75) is 12.4 Å². The third-order valence-electron chi connectivity index (χ3n) is 2.52. The number of thiophene rings is 1. The maximum Gasteiger partial charge on any atom is 0.534 e. The minimum absolute atomic E-state index is 0.0122. The second-order valence-corrected chi connectivity index (χ2v) is 6.51. The minimum Gasteiger partial charge on any atom is -0.355 e. The number of alkyl halides is 3. The molecule has 118 valence electrons. The summed E-state index contributed by atoms with van der Waals surface area (Å²) in [4.78, 5) is 15.3. The molecular formula is C12H8F3NO4S2. The molecule has 0 fully saturated rings. The zero-order chi connectivity index (χ0) is 16.5. The predicted octanol–water partition coefficient (Wildman–Crippen LogP) is 3.24. The van der Waals surface area contributed by atoms with Crippen LogP contribution in [0.2, 0.25) is 0 Å². The van der Waals surface area contributed by atoms with Gasteiger partial charge in [0.15, 0.2) is 5.78 Å². The first-order valence-electron chi connectivity index (χ1n) is 5.68. The Morgan fingerprint density at radius 1 is 1.27 bits per heavy atom. The Bertz CT molecular complexity index is 812. The van der Waals surface area contributed by atoms with Crippen molar-refractivity contribution in [2.75, 3.05) is 0 Å². The summed E-state index contributed by atoms with van der Waals surface area (Å²) >= 11 is 1.08.